The average Bonchev–Trinajstić information content (AvgIpc) is 3.07. The molecule has 1 N–H and O–H groups in total. The Morgan fingerprint density at radius 3 is 2.90 bits per heavy atom. The predicted molar refractivity (Wildman–Crippen MR) is 79.7 cm³/mol. The summed E-state index contributed by atoms with van der Waals surface area (Å²) >= 11 is 0. The number of aryl methyl sites for hydroxylation is 2. The molecule has 3 aromatic rings. The molecule has 0 spiro atoms. The second-order valence-electron chi connectivity index (χ2n) is 5.03. The van der Waals surface area contributed by atoms with Crippen LogP contribution in [0.4, 0.5) is 4.39 Å². The lowest BCUT2D eigenvalue weighted by Crippen LogP contribution is -2.21. The minimum atomic E-state index is -0.252. The van der Waals surface area contributed by atoms with Crippen LogP contribution in [-0.4, -0.2) is 16.8 Å². The smallest absolute Gasteiger partial charge is 0.134 e. The maximum Gasteiger partial charge on any atom is 0.134 e. The van der Waals surface area contributed by atoms with Crippen LogP contribution in [0.15, 0.2) is 34.9 Å². The van der Waals surface area contributed by atoms with E-state index < -0.39 is 0 Å². The molecule has 0 bridgehead atoms. The zero-order chi connectivity index (χ0) is 15.0. The Balaban J connectivity index is 2.15. The third-order valence-electron chi connectivity index (χ3n) is 3.83. The Hall–Kier alpha value is -2.14. The lowest BCUT2D eigenvalue weighted by Gasteiger charge is -2.16. The number of furan rings is 1. The molecule has 1 aromatic carbocycles. The van der Waals surface area contributed by atoms with Crippen molar-refractivity contribution in [1.82, 2.24) is 15.1 Å². The molecule has 5 heteroatoms. The SMILES string of the molecule is CCn1nccc1C(NC)c1oc2ccc(F)cc2c1C. The van der Waals surface area contributed by atoms with Gasteiger partial charge < -0.3 is 9.73 Å². The maximum absolute atomic E-state index is 13.4. The Morgan fingerprint density at radius 2 is 2.19 bits per heavy atom. The summed E-state index contributed by atoms with van der Waals surface area (Å²) in [7, 11) is 1.88. The summed E-state index contributed by atoms with van der Waals surface area (Å²) < 4.78 is 21.3. The molecule has 0 aliphatic carbocycles. The fraction of sp³-hybridized carbons (Fsp3) is 0.312. The van der Waals surface area contributed by atoms with Crippen molar-refractivity contribution in [3.8, 4) is 0 Å². The number of benzene rings is 1. The molecule has 1 atom stereocenters. The van der Waals surface area contributed by atoms with Crippen LogP contribution in [0.1, 0.15) is 30.0 Å². The number of nitrogens with zero attached hydrogens (tertiary/aromatic N) is 2. The number of aromatic nitrogens is 2. The zero-order valence-corrected chi connectivity index (χ0v) is 12.4. The van der Waals surface area contributed by atoms with E-state index in [1.807, 2.05) is 31.6 Å². The van der Waals surface area contributed by atoms with Gasteiger partial charge in [-0.1, -0.05) is 0 Å². The van der Waals surface area contributed by atoms with Crippen LogP contribution in [0.25, 0.3) is 11.0 Å². The van der Waals surface area contributed by atoms with Crippen molar-refractivity contribution < 1.29 is 8.81 Å². The number of hydrogen-bond acceptors (Lipinski definition) is 3. The molecule has 0 amide bonds. The Kier molecular flexibility index (Phi) is 3.51. The summed E-state index contributed by atoms with van der Waals surface area (Å²) in [4.78, 5) is 0. The molecule has 0 aliphatic rings. The minimum absolute atomic E-state index is 0.108. The van der Waals surface area contributed by atoms with E-state index in [-0.39, 0.29) is 11.9 Å². The van der Waals surface area contributed by atoms with Gasteiger partial charge in [0.15, 0.2) is 0 Å². The lowest BCUT2D eigenvalue weighted by atomic mass is 10.1. The van der Waals surface area contributed by atoms with E-state index in [2.05, 4.69) is 10.4 Å². The fourth-order valence-corrected chi connectivity index (χ4v) is 2.75. The molecular formula is C16H18FN3O. The quantitative estimate of drug-likeness (QED) is 0.799. The fourth-order valence-electron chi connectivity index (χ4n) is 2.75. The average molecular weight is 287 g/mol. The molecule has 1 unspecified atom stereocenters. The van der Waals surface area contributed by atoms with Gasteiger partial charge in [0.2, 0.25) is 0 Å². The van der Waals surface area contributed by atoms with Crippen LogP contribution in [0.5, 0.6) is 0 Å². The van der Waals surface area contributed by atoms with Crippen molar-refractivity contribution in [2.45, 2.75) is 26.4 Å². The van der Waals surface area contributed by atoms with Gasteiger partial charge in [0.25, 0.3) is 0 Å². The molecule has 0 aliphatic heterocycles. The topological polar surface area (TPSA) is 43.0 Å². The highest BCUT2D eigenvalue weighted by atomic mass is 19.1. The van der Waals surface area contributed by atoms with Crippen molar-refractivity contribution in [3.63, 3.8) is 0 Å². The first-order valence-corrected chi connectivity index (χ1v) is 7.03. The largest absolute Gasteiger partial charge is 0.459 e. The minimum Gasteiger partial charge on any atom is -0.459 e. The van der Waals surface area contributed by atoms with Crippen molar-refractivity contribution in [1.29, 1.82) is 0 Å². The summed E-state index contributed by atoms with van der Waals surface area (Å²) in [5.74, 6) is 0.547. The third kappa shape index (κ3) is 2.23. The van der Waals surface area contributed by atoms with Crippen LogP contribution in [0, 0.1) is 12.7 Å². The molecule has 0 fully saturated rings. The zero-order valence-electron chi connectivity index (χ0n) is 12.4. The first-order valence-electron chi connectivity index (χ1n) is 7.03. The van der Waals surface area contributed by atoms with Crippen molar-refractivity contribution in [3.05, 3.63) is 53.3 Å². The molecule has 0 saturated heterocycles. The molecule has 4 nitrogen and oxygen atoms in total. The van der Waals surface area contributed by atoms with E-state index in [0.29, 0.717) is 5.58 Å². The van der Waals surface area contributed by atoms with Gasteiger partial charge in [-0.2, -0.15) is 5.10 Å². The molecule has 21 heavy (non-hydrogen) atoms. The Labute approximate surface area is 122 Å². The van der Waals surface area contributed by atoms with Crippen LogP contribution in [-0.2, 0) is 6.54 Å². The highest BCUT2D eigenvalue weighted by Crippen LogP contribution is 2.32. The number of hydrogen-bond donors (Lipinski definition) is 1. The molecule has 0 radical (unpaired) electrons. The molecule has 2 heterocycles. The predicted octanol–water partition coefficient (Wildman–Crippen LogP) is 3.41. The third-order valence-corrected chi connectivity index (χ3v) is 3.83. The van der Waals surface area contributed by atoms with Crippen molar-refractivity contribution >= 4 is 11.0 Å². The molecule has 0 saturated carbocycles. The van der Waals surface area contributed by atoms with Gasteiger partial charge in [-0.15, -0.1) is 0 Å². The van der Waals surface area contributed by atoms with Crippen molar-refractivity contribution in [2.24, 2.45) is 0 Å². The van der Waals surface area contributed by atoms with Crippen molar-refractivity contribution in [2.75, 3.05) is 7.05 Å². The molecule has 2 aromatic heterocycles. The number of halogens is 1. The first kappa shape index (κ1) is 13.8. The van der Waals surface area contributed by atoms with Gasteiger partial charge in [0.05, 0.1) is 5.69 Å². The highest BCUT2D eigenvalue weighted by Gasteiger charge is 2.23. The van der Waals surface area contributed by atoms with Gasteiger partial charge in [0.1, 0.15) is 23.2 Å². The highest BCUT2D eigenvalue weighted by molar-refractivity contribution is 5.82. The summed E-state index contributed by atoms with van der Waals surface area (Å²) in [6, 6.07) is 6.47. The molecular weight excluding hydrogens is 269 g/mol. The molecule has 3 rings (SSSR count). The van der Waals surface area contributed by atoms with E-state index >= 15 is 0 Å². The van der Waals surface area contributed by atoms with Gasteiger partial charge in [-0.25, -0.2) is 4.39 Å². The standard InChI is InChI=1S/C16H18FN3O/c1-4-20-13(7-8-19-20)15(18-3)16-10(2)12-9-11(17)5-6-14(12)21-16/h5-9,15,18H,4H2,1-3H3. The van der Waals surface area contributed by atoms with E-state index in [4.69, 9.17) is 4.42 Å². The Bertz CT molecular complexity index is 775. The van der Waals surface area contributed by atoms with Gasteiger partial charge in [-0.3, -0.25) is 4.68 Å². The number of nitrogens with one attached hydrogen (secondary N) is 1. The van der Waals surface area contributed by atoms with Crippen LogP contribution in [0.3, 0.4) is 0 Å². The molecule has 110 valence electrons. The lowest BCUT2D eigenvalue weighted by molar-refractivity contribution is 0.462. The summed E-state index contributed by atoms with van der Waals surface area (Å²) in [6.45, 7) is 4.79. The van der Waals surface area contributed by atoms with E-state index in [9.17, 15) is 4.39 Å². The van der Waals surface area contributed by atoms with Crippen LogP contribution in [0.2, 0.25) is 0 Å². The van der Waals surface area contributed by atoms with Crippen LogP contribution < -0.4 is 5.32 Å². The number of fused-ring (bicyclic) bond motifs is 1. The summed E-state index contributed by atoms with van der Waals surface area (Å²) in [5, 5.41) is 8.38. The summed E-state index contributed by atoms with van der Waals surface area (Å²) in [5.41, 5.74) is 2.68. The maximum atomic E-state index is 13.4. The first-order chi connectivity index (χ1) is 10.2. The van der Waals surface area contributed by atoms with Crippen LogP contribution >= 0.6 is 0 Å². The Morgan fingerprint density at radius 1 is 1.38 bits per heavy atom. The van der Waals surface area contributed by atoms with Gasteiger partial charge in [-0.05, 0) is 45.2 Å². The van der Waals surface area contributed by atoms with E-state index in [1.54, 1.807) is 12.3 Å². The van der Waals surface area contributed by atoms with E-state index in [1.165, 1.54) is 12.1 Å². The second kappa shape index (κ2) is 5.33. The number of rotatable bonds is 4. The van der Waals surface area contributed by atoms with Gasteiger partial charge in [0, 0.05) is 23.7 Å². The normalized spacial score (nSPS) is 13.0. The monoisotopic (exact) mass is 287 g/mol. The summed E-state index contributed by atoms with van der Waals surface area (Å²) in [6.07, 6.45) is 1.78. The van der Waals surface area contributed by atoms with Gasteiger partial charge >= 0.3 is 0 Å². The second-order valence-corrected chi connectivity index (χ2v) is 5.03. The van der Waals surface area contributed by atoms with E-state index in [0.717, 1.165) is 28.9 Å².